The van der Waals surface area contributed by atoms with Gasteiger partial charge in [-0.25, -0.2) is 0 Å². The Hall–Kier alpha value is -0.680. The molecule has 90 valence electrons. The van der Waals surface area contributed by atoms with Crippen molar-refractivity contribution in [1.82, 2.24) is 15.1 Å². The van der Waals surface area contributed by atoms with Gasteiger partial charge in [-0.2, -0.15) is 5.10 Å². The van der Waals surface area contributed by atoms with Crippen LogP contribution in [0.15, 0.2) is 10.7 Å². The third-order valence-electron chi connectivity index (χ3n) is 2.43. The average Bonchev–Trinajstić information content (AvgIpc) is 2.59. The summed E-state index contributed by atoms with van der Waals surface area (Å²) in [6, 6.07) is 0.187. The topological polar surface area (TPSA) is 46.9 Å². The highest BCUT2D eigenvalue weighted by atomic mass is 79.9. The van der Waals surface area contributed by atoms with Crippen molar-refractivity contribution < 1.29 is 4.79 Å². The summed E-state index contributed by atoms with van der Waals surface area (Å²) in [5.41, 5.74) is 0.665. The predicted molar refractivity (Wildman–Crippen MR) is 67.7 cm³/mol. The Morgan fingerprint density at radius 3 is 2.69 bits per heavy atom. The van der Waals surface area contributed by atoms with Gasteiger partial charge in [0, 0.05) is 18.5 Å². The monoisotopic (exact) mass is 287 g/mol. The number of nitrogens with one attached hydrogen (secondary N) is 1. The first kappa shape index (κ1) is 13.4. The van der Waals surface area contributed by atoms with Crippen LogP contribution in [0.3, 0.4) is 0 Å². The lowest BCUT2D eigenvalue weighted by molar-refractivity contribution is 0.0916. The van der Waals surface area contributed by atoms with E-state index in [1.165, 1.54) is 0 Å². The number of hydrogen-bond donors (Lipinski definition) is 1. The first-order valence-corrected chi connectivity index (χ1v) is 6.20. The third kappa shape index (κ3) is 2.71. The van der Waals surface area contributed by atoms with Crippen LogP contribution in [0.5, 0.6) is 0 Å². The molecule has 0 saturated heterocycles. The van der Waals surface area contributed by atoms with Crippen LogP contribution in [0, 0.1) is 5.92 Å². The standard InChI is InChI=1S/C11H18BrN3O/c1-7(2)15-10(9(12)6-14-15)11(16)8(3)5-13-4/h6-8,13H,5H2,1-4H3. The molecule has 1 rings (SSSR count). The average molecular weight is 288 g/mol. The van der Waals surface area contributed by atoms with Crippen molar-refractivity contribution >= 4 is 21.7 Å². The van der Waals surface area contributed by atoms with E-state index in [1.807, 2.05) is 27.8 Å². The molecule has 4 nitrogen and oxygen atoms in total. The Morgan fingerprint density at radius 1 is 1.56 bits per heavy atom. The Kier molecular flexibility index (Phi) is 4.68. The molecular weight excluding hydrogens is 270 g/mol. The minimum absolute atomic E-state index is 0.0458. The number of Topliss-reactive ketones (excluding diaryl/α,β-unsaturated/α-hetero) is 1. The highest BCUT2D eigenvalue weighted by molar-refractivity contribution is 9.10. The van der Waals surface area contributed by atoms with Gasteiger partial charge in [0.1, 0.15) is 5.69 Å². The van der Waals surface area contributed by atoms with Gasteiger partial charge in [0.15, 0.2) is 5.78 Å². The smallest absolute Gasteiger partial charge is 0.186 e. The normalized spacial score (nSPS) is 13.1. The fourth-order valence-corrected chi connectivity index (χ4v) is 2.06. The van der Waals surface area contributed by atoms with E-state index in [4.69, 9.17) is 0 Å². The molecule has 1 aromatic rings. The molecule has 0 aliphatic heterocycles. The number of ketones is 1. The number of nitrogens with zero attached hydrogens (tertiary/aromatic N) is 2. The summed E-state index contributed by atoms with van der Waals surface area (Å²) in [7, 11) is 1.85. The van der Waals surface area contributed by atoms with Crippen LogP contribution in [-0.2, 0) is 0 Å². The van der Waals surface area contributed by atoms with Crippen LogP contribution in [-0.4, -0.2) is 29.2 Å². The molecule has 1 aromatic heterocycles. The molecule has 16 heavy (non-hydrogen) atoms. The SMILES string of the molecule is CNCC(C)C(=O)c1c(Br)cnn1C(C)C. The minimum atomic E-state index is -0.0458. The zero-order valence-corrected chi connectivity index (χ0v) is 11.7. The number of carbonyl (C=O) groups excluding carboxylic acids is 1. The van der Waals surface area contributed by atoms with E-state index in [0.29, 0.717) is 12.2 Å². The van der Waals surface area contributed by atoms with Crippen LogP contribution >= 0.6 is 15.9 Å². The fraction of sp³-hybridized carbons (Fsp3) is 0.636. The van der Waals surface area contributed by atoms with E-state index in [2.05, 4.69) is 26.3 Å². The molecule has 0 fully saturated rings. The first-order valence-electron chi connectivity index (χ1n) is 5.40. The van der Waals surface area contributed by atoms with E-state index in [-0.39, 0.29) is 17.7 Å². The second-order valence-electron chi connectivity index (χ2n) is 4.20. The van der Waals surface area contributed by atoms with Crippen molar-refractivity contribution in [2.75, 3.05) is 13.6 Å². The molecule has 1 unspecified atom stereocenters. The molecule has 0 aliphatic carbocycles. The molecule has 1 N–H and O–H groups in total. The fourth-order valence-electron chi connectivity index (χ4n) is 1.60. The number of rotatable bonds is 5. The Balaban J connectivity index is 3.02. The van der Waals surface area contributed by atoms with Crippen molar-refractivity contribution in [2.24, 2.45) is 5.92 Å². The minimum Gasteiger partial charge on any atom is -0.319 e. The summed E-state index contributed by atoms with van der Waals surface area (Å²) < 4.78 is 2.53. The lowest BCUT2D eigenvalue weighted by atomic mass is 10.0. The largest absolute Gasteiger partial charge is 0.319 e. The quantitative estimate of drug-likeness (QED) is 0.845. The summed E-state index contributed by atoms with van der Waals surface area (Å²) >= 11 is 3.38. The van der Waals surface area contributed by atoms with Crippen molar-refractivity contribution in [3.05, 3.63) is 16.4 Å². The first-order chi connectivity index (χ1) is 7.49. The maximum Gasteiger partial charge on any atom is 0.186 e. The van der Waals surface area contributed by atoms with Gasteiger partial charge in [-0.15, -0.1) is 0 Å². The zero-order chi connectivity index (χ0) is 12.3. The van der Waals surface area contributed by atoms with E-state index in [9.17, 15) is 4.79 Å². The molecule has 0 saturated carbocycles. The van der Waals surface area contributed by atoms with Gasteiger partial charge in [-0.1, -0.05) is 6.92 Å². The Bertz CT molecular complexity index is 373. The van der Waals surface area contributed by atoms with Gasteiger partial charge in [0.05, 0.1) is 10.7 Å². The zero-order valence-electron chi connectivity index (χ0n) is 10.1. The molecule has 0 amide bonds. The van der Waals surface area contributed by atoms with Crippen LogP contribution in [0.2, 0.25) is 0 Å². The van der Waals surface area contributed by atoms with Gasteiger partial charge in [-0.05, 0) is 36.8 Å². The Morgan fingerprint density at radius 2 is 2.19 bits per heavy atom. The molecule has 0 radical (unpaired) electrons. The number of aromatic nitrogens is 2. The summed E-state index contributed by atoms with van der Waals surface area (Å²) in [6.07, 6.45) is 1.68. The molecule has 1 atom stereocenters. The van der Waals surface area contributed by atoms with Crippen LogP contribution in [0.1, 0.15) is 37.3 Å². The second-order valence-corrected chi connectivity index (χ2v) is 5.06. The van der Waals surface area contributed by atoms with Gasteiger partial charge in [0.25, 0.3) is 0 Å². The van der Waals surface area contributed by atoms with E-state index >= 15 is 0 Å². The Labute approximate surface area is 105 Å². The predicted octanol–water partition coefficient (Wildman–Crippen LogP) is 2.26. The van der Waals surface area contributed by atoms with Gasteiger partial charge in [-0.3, -0.25) is 9.48 Å². The van der Waals surface area contributed by atoms with Crippen molar-refractivity contribution in [1.29, 1.82) is 0 Å². The summed E-state index contributed by atoms with van der Waals surface area (Å²) in [6.45, 7) is 6.62. The summed E-state index contributed by atoms with van der Waals surface area (Å²) in [4.78, 5) is 12.2. The van der Waals surface area contributed by atoms with Crippen molar-refractivity contribution in [3.63, 3.8) is 0 Å². The number of hydrogen-bond acceptors (Lipinski definition) is 3. The number of carbonyl (C=O) groups is 1. The summed E-state index contributed by atoms with van der Waals surface area (Å²) in [5.74, 6) is 0.0722. The van der Waals surface area contributed by atoms with Crippen molar-refractivity contribution in [3.8, 4) is 0 Å². The second kappa shape index (κ2) is 5.59. The van der Waals surface area contributed by atoms with Gasteiger partial charge in [0.2, 0.25) is 0 Å². The van der Waals surface area contributed by atoms with Crippen LogP contribution in [0.4, 0.5) is 0 Å². The molecule has 0 spiro atoms. The molecular formula is C11H18BrN3O. The van der Waals surface area contributed by atoms with Crippen LogP contribution in [0.25, 0.3) is 0 Å². The molecule has 0 aromatic carbocycles. The summed E-state index contributed by atoms with van der Waals surface area (Å²) in [5, 5.41) is 7.22. The lowest BCUT2D eigenvalue weighted by Gasteiger charge is -2.14. The highest BCUT2D eigenvalue weighted by Gasteiger charge is 2.23. The molecule has 5 heteroatoms. The lowest BCUT2D eigenvalue weighted by Crippen LogP contribution is -2.26. The van der Waals surface area contributed by atoms with E-state index in [1.54, 1.807) is 10.9 Å². The highest BCUT2D eigenvalue weighted by Crippen LogP contribution is 2.22. The third-order valence-corrected chi connectivity index (χ3v) is 3.01. The molecule has 1 heterocycles. The van der Waals surface area contributed by atoms with E-state index < -0.39 is 0 Å². The van der Waals surface area contributed by atoms with Crippen molar-refractivity contribution in [2.45, 2.75) is 26.8 Å². The van der Waals surface area contributed by atoms with Crippen LogP contribution < -0.4 is 5.32 Å². The molecule has 0 bridgehead atoms. The van der Waals surface area contributed by atoms with Gasteiger partial charge >= 0.3 is 0 Å². The maximum atomic E-state index is 12.2. The number of halogens is 1. The maximum absolute atomic E-state index is 12.2. The molecule has 0 aliphatic rings. The van der Waals surface area contributed by atoms with Gasteiger partial charge < -0.3 is 5.32 Å². The van der Waals surface area contributed by atoms with E-state index in [0.717, 1.165) is 4.47 Å².